The number of piperidine rings is 1. The zero-order valence-electron chi connectivity index (χ0n) is 16.9. The summed E-state index contributed by atoms with van der Waals surface area (Å²) in [5.74, 6) is 0.933. The Bertz CT molecular complexity index is 401. The van der Waals surface area contributed by atoms with Crippen molar-refractivity contribution in [3.63, 3.8) is 0 Å². The van der Waals surface area contributed by atoms with Crippen molar-refractivity contribution in [2.45, 2.75) is 89.1 Å². The Kier molecular flexibility index (Phi) is 11.3. The van der Waals surface area contributed by atoms with Gasteiger partial charge in [-0.15, -0.1) is 37.2 Å². The van der Waals surface area contributed by atoms with E-state index in [1.54, 1.807) is 0 Å². The van der Waals surface area contributed by atoms with Crippen molar-refractivity contribution in [1.29, 1.82) is 0 Å². The molecule has 2 aliphatic heterocycles. The minimum atomic E-state index is 0. The molecule has 2 N–H and O–H groups in total. The molecule has 162 valence electrons. The molecule has 0 unspecified atom stereocenters. The quantitative estimate of drug-likeness (QED) is 0.675. The van der Waals surface area contributed by atoms with Crippen LogP contribution in [-0.2, 0) is 0 Å². The first-order valence-electron chi connectivity index (χ1n) is 10.9. The summed E-state index contributed by atoms with van der Waals surface area (Å²) in [6.07, 6.45) is 17.1. The second-order valence-electron chi connectivity index (χ2n) is 9.59. The van der Waals surface area contributed by atoms with Crippen molar-refractivity contribution in [3.8, 4) is 0 Å². The first-order chi connectivity index (χ1) is 11.7. The van der Waals surface area contributed by atoms with Crippen molar-refractivity contribution < 1.29 is 0 Å². The molecule has 0 aromatic carbocycles. The SMILES string of the molecule is Cl.Cl.Cl.N[C@H]1CC[C@H](CN2CCC3(CCN(C4CCCCC4)CC3)C2)CC1. The average molecular weight is 443 g/mol. The summed E-state index contributed by atoms with van der Waals surface area (Å²) in [6, 6.07) is 1.43. The van der Waals surface area contributed by atoms with Gasteiger partial charge in [-0.25, -0.2) is 0 Å². The highest BCUT2D eigenvalue weighted by Crippen LogP contribution is 2.42. The van der Waals surface area contributed by atoms with E-state index in [4.69, 9.17) is 5.73 Å². The standard InChI is InChI=1S/C21H39N3.3ClH/c22-19-8-6-18(7-9-19)16-23-13-10-21(17-23)11-14-24(15-12-21)20-4-2-1-3-5-20;;;/h18-20H,1-17,22H2;3*1H/t18-,19-;;;. The fraction of sp³-hybridized carbons (Fsp3) is 1.00. The van der Waals surface area contributed by atoms with E-state index >= 15 is 0 Å². The lowest BCUT2D eigenvalue weighted by Crippen LogP contribution is -2.47. The van der Waals surface area contributed by atoms with E-state index in [2.05, 4.69) is 9.80 Å². The molecule has 0 aromatic heterocycles. The molecule has 6 heteroatoms. The number of nitrogens with zero attached hydrogens (tertiary/aromatic N) is 2. The molecule has 0 aromatic rings. The van der Waals surface area contributed by atoms with Crippen molar-refractivity contribution in [2.75, 3.05) is 32.7 Å². The van der Waals surface area contributed by atoms with Crippen LogP contribution in [-0.4, -0.2) is 54.6 Å². The minimum Gasteiger partial charge on any atom is -0.328 e. The first kappa shape index (κ1) is 25.8. The van der Waals surface area contributed by atoms with Gasteiger partial charge < -0.3 is 15.5 Å². The van der Waals surface area contributed by atoms with Crippen LogP contribution in [0.3, 0.4) is 0 Å². The Hall–Kier alpha value is 0.750. The molecule has 0 atom stereocenters. The fourth-order valence-corrected chi connectivity index (χ4v) is 6.14. The number of nitrogens with two attached hydrogens (primary N) is 1. The monoisotopic (exact) mass is 441 g/mol. The zero-order valence-corrected chi connectivity index (χ0v) is 19.4. The van der Waals surface area contributed by atoms with Crippen LogP contribution in [0.2, 0.25) is 0 Å². The molecular formula is C21H42Cl3N3. The molecule has 27 heavy (non-hydrogen) atoms. The van der Waals surface area contributed by atoms with Gasteiger partial charge in [0.2, 0.25) is 0 Å². The molecule has 0 amide bonds. The third kappa shape index (κ3) is 6.62. The van der Waals surface area contributed by atoms with Crippen LogP contribution < -0.4 is 5.73 Å². The van der Waals surface area contributed by atoms with Crippen LogP contribution in [0.25, 0.3) is 0 Å². The maximum Gasteiger partial charge on any atom is 0.00952 e. The van der Waals surface area contributed by atoms with Crippen LogP contribution >= 0.6 is 37.2 Å². The second-order valence-corrected chi connectivity index (χ2v) is 9.59. The summed E-state index contributed by atoms with van der Waals surface area (Å²) in [6.45, 7) is 6.90. The Morgan fingerprint density at radius 1 is 0.741 bits per heavy atom. The normalized spacial score (nSPS) is 32.3. The lowest BCUT2D eigenvalue weighted by molar-refractivity contribution is 0.0603. The van der Waals surface area contributed by atoms with Gasteiger partial charge in [-0.05, 0) is 88.8 Å². The highest BCUT2D eigenvalue weighted by molar-refractivity contribution is 5.86. The van der Waals surface area contributed by atoms with E-state index in [-0.39, 0.29) is 37.2 Å². The molecule has 2 saturated heterocycles. The topological polar surface area (TPSA) is 32.5 Å². The third-order valence-corrected chi connectivity index (χ3v) is 7.87. The van der Waals surface area contributed by atoms with Gasteiger partial charge in [0, 0.05) is 25.2 Å². The molecule has 2 heterocycles. The van der Waals surface area contributed by atoms with E-state index in [9.17, 15) is 0 Å². The highest BCUT2D eigenvalue weighted by Gasteiger charge is 2.42. The largest absolute Gasteiger partial charge is 0.328 e. The third-order valence-electron chi connectivity index (χ3n) is 7.87. The molecule has 4 fully saturated rings. The van der Waals surface area contributed by atoms with Gasteiger partial charge in [-0.2, -0.15) is 0 Å². The summed E-state index contributed by atoms with van der Waals surface area (Å²) < 4.78 is 0. The average Bonchev–Trinajstić information content (AvgIpc) is 3.01. The van der Waals surface area contributed by atoms with Gasteiger partial charge >= 0.3 is 0 Å². The number of rotatable bonds is 3. The summed E-state index contributed by atoms with van der Waals surface area (Å²) in [5.41, 5.74) is 6.75. The summed E-state index contributed by atoms with van der Waals surface area (Å²) >= 11 is 0. The summed E-state index contributed by atoms with van der Waals surface area (Å²) in [7, 11) is 0. The molecule has 4 rings (SSSR count). The van der Waals surface area contributed by atoms with Crippen LogP contribution in [0.15, 0.2) is 0 Å². The van der Waals surface area contributed by atoms with Crippen LogP contribution in [0, 0.1) is 11.3 Å². The van der Waals surface area contributed by atoms with E-state index in [1.807, 2.05) is 0 Å². The molecule has 1 spiro atoms. The van der Waals surface area contributed by atoms with Crippen molar-refractivity contribution >= 4 is 37.2 Å². The Balaban J connectivity index is 0.00000121. The van der Waals surface area contributed by atoms with Crippen LogP contribution in [0.4, 0.5) is 0 Å². The van der Waals surface area contributed by atoms with Crippen molar-refractivity contribution in [1.82, 2.24) is 9.80 Å². The van der Waals surface area contributed by atoms with Crippen molar-refractivity contribution in [3.05, 3.63) is 0 Å². The molecule has 0 bridgehead atoms. The maximum atomic E-state index is 6.07. The van der Waals surface area contributed by atoms with E-state index in [0.717, 1.165) is 12.0 Å². The van der Waals surface area contributed by atoms with Gasteiger partial charge in [0.05, 0.1) is 0 Å². The predicted octanol–water partition coefficient (Wildman–Crippen LogP) is 4.89. The van der Waals surface area contributed by atoms with Crippen molar-refractivity contribution in [2.24, 2.45) is 17.1 Å². The van der Waals surface area contributed by atoms with Gasteiger partial charge in [-0.1, -0.05) is 19.3 Å². The van der Waals surface area contributed by atoms with E-state index in [1.165, 1.54) is 110 Å². The van der Waals surface area contributed by atoms with Gasteiger partial charge in [0.1, 0.15) is 0 Å². The molecule has 4 aliphatic rings. The Morgan fingerprint density at radius 3 is 1.96 bits per heavy atom. The molecule has 0 radical (unpaired) electrons. The molecule has 3 nitrogen and oxygen atoms in total. The zero-order chi connectivity index (χ0) is 16.4. The Labute approximate surface area is 185 Å². The van der Waals surface area contributed by atoms with Gasteiger partial charge in [0.25, 0.3) is 0 Å². The van der Waals surface area contributed by atoms with E-state index in [0.29, 0.717) is 11.5 Å². The lowest BCUT2D eigenvalue weighted by Gasteiger charge is -2.44. The van der Waals surface area contributed by atoms with Gasteiger partial charge in [-0.3, -0.25) is 0 Å². The number of hydrogen-bond acceptors (Lipinski definition) is 3. The van der Waals surface area contributed by atoms with Crippen LogP contribution in [0.1, 0.15) is 77.0 Å². The first-order valence-corrected chi connectivity index (χ1v) is 10.9. The smallest absolute Gasteiger partial charge is 0.00952 e. The van der Waals surface area contributed by atoms with Crippen LogP contribution in [0.5, 0.6) is 0 Å². The second kappa shape index (κ2) is 11.8. The van der Waals surface area contributed by atoms with Gasteiger partial charge in [0.15, 0.2) is 0 Å². The highest BCUT2D eigenvalue weighted by atomic mass is 35.5. The summed E-state index contributed by atoms with van der Waals surface area (Å²) in [4.78, 5) is 5.67. The molecule has 2 saturated carbocycles. The number of halogens is 3. The lowest BCUT2D eigenvalue weighted by atomic mass is 9.77. The minimum absolute atomic E-state index is 0. The molecule has 2 aliphatic carbocycles. The number of hydrogen-bond donors (Lipinski definition) is 1. The number of likely N-dealkylation sites (tertiary alicyclic amines) is 2. The maximum absolute atomic E-state index is 6.07. The molecular weight excluding hydrogens is 401 g/mol. The Morgan fingerprint density at radius 2 is 1.33 bits per heavy atom. The fourth-order valence-electron chi connectivity index (χ4n) is 6.14. The predicted molar refractivity (Wildman–Crippen MR) is 123 cm³/mol. The van der Waals surface area contributed by atoms with E-state index < -0.39 is 0 Å². The summed E-state index contributed by atoms with van der Waals surface area (Å²) in [5, 5.41) is 0.